The SMILES string of the molecule is Cc1ccc(O)c(C(=O)CCC(N)=O)c1. The van der Waals surface area contributed by atoms with E-state index in [0.29, 0.717) is 0 Å². The highest BCUT2D eigenvalue weighted by Gasteiger charge is 2.11. The van der Waals surface area contributed by atoms with Crippen molar-refractivity contribution in [3.05, 3.63) is 29.3 Å². The van der Waals surface area contributed by atoms with Crippen LogP contribution in [0.5, 0.6) is 5.75 Å². The minimum Gasteiger partial charge on any atom is -0.507 e. The summed E-state index contributed by atoms with van der Waals surface area (Å²) in [5.74, 6) is -0.847. The predicted octanol–water partition coefficient (Wildman–Crippen LogP) is 1.15. The number of rotatable bonds is 4. The molecule has 1 amide bonds. The smallest absolute Gasteiger partial charge is 0.217 e. The van der Waals surface area contributed by atoms with Crippen LogP contribution in [0, 0.1) is 6.92 Å². The molecule has 1 aromatic carbocycles. The lowest BCUT2D eigenvalue weighted by Gasteiger charge is -2.03. The summed E-state index contributed by atoms with van der Waals surface area (Å²) >= 11 is 0. The number of aromatic hydroxyl groups is 1. The molecular weight excluding hydrogens is 194 g/mol. The van der Waals surface area contributed by atoms with Crippen molar-refractivity contribution in [2.24, 2.45) is 5.73 Å². The van der Waals surface area contributed by atoms with Crippen LogP contribution in [0.3, 0.4) is 0 Å². The van der Waals surface area contributed by atoms with Crippen molar-refractivity contribution in [1.29, 1.82) is 0 Å². The van der Waals surface area contributed by atoms with Crippen LogP contribution in [0.15, 0.2) is 18.2 Å². The van der Waals surface area contributed by atoms with E-state index in [9.17, 15) is 14.7 Å². The molecule has 0 radical (unpaired) electrons. The molecule has 0 fully saturated rings. The van der Waals surface area contributed by atoms with Gasteiger partial charge in [-0.05, 0) is 19.1 Å². The van der Waals surface area contributed by atoms with Gasteiger partial charge in [0.15, 0.2) is 5.78 Å². The number of Topliss-reactive ketones (excluding diaryl/α,β-unsaturated/α-hetero) is 1. The molecule has 80 valence electrons. The fraction of sp³-hybridized carbons (Fsp3) is 0.273. The lowest BCUT2D eigenvalue weighted by molar-refractivity contribution is -0.118. The zero-order valence-corrected chi connectivity index (χ0v) is 8.49. The molecule has 0 aromatic heterocycles. The molecule has 15 heavy (non-hydrogen) atoms. The molecule has 0 spiro atoms. The van der Waals surface area contributed by atoms with Crippen LogP contribution < -0.4 is 5.73 Å². The summed E-state index contributed by atoms with van der Waals surface area (Å²) in [6.45, 7) is 1.82. The lowest BCUT2D eigenvalue weighted by atomic mass is 10.0. The van der Waals surface area contributed by atoms with Crippen LogP contribution in [-0.2, 0) is 4.79 Å². The molecule has 0 aliphatic rings. The van der Waals surface area contributed by atoms with E-state index in [1.165, 1.54) is 6.07 Å². The Morgan fingerprint density at radius 3 is 2.60 bits per heavy atom. The van der Waals surface area contributed by atoms with Gasteiger partial charge in [-0.2, -0.15) is 0 Å². The molecule has 1 aromatic rings. The Kier molecular flexibility index (Phi) is 3.44. The molecule has 4 nitrogen and oxygen atoms in total. The van der Waals surface area contributed by atoms with Crippen molar-refractivity contribution in [3.63, 3.8) is 0 Å². The van der Waals surface area contributed by atoms with E-state index in [0.717, 1.165) is 5.56 Å². The minimum absolute atomic E-state index is 0.00617. The second kappa shape index (κ2) is 4.59. The van der Waals surface area contributed by atoms with Crippen LogP contribution >= 0.6 is 0 Å². The number of nitrogens with two attached hydrogens (primary N) is 1. The van der Waals surface area contributed by atoms with Crippen LogP contribution in [0.4, 0.5) is 0 Å². The van der Waals surface area contributed by atoms with Crippen molar-refractivity contribution in [1.82, 2.24) is 0 Å². The average Bonchev–Trinajstić information content (AvgIpc) is 2.18. The molecule has 0 heterocycles. The summed E-state index contributed by atoms with van der Waals surface area (Å²) in [5, 5.41) is 9.43. The number of benzene rings is 1. The quantitative estimate of drug-likeness (QED) is 0.727. The summed E-state index contributed by atoms with van der Waals surface area (Å²) in [7, 11) is 0. The number of amides is 1. The number of aryl methyl sites for hydroxylation is 1. The van der Waals surface area contributed by atoms with E-state index in [-0.39, 0.29) is 29.9 Å². The van der Waals surface area contributed by atoms with Crippen LogP contribution in [-0.4, -0.2) is 16.8 Å². The first-order chi connectivity index (χ1) is 7.00. The first-order valence-electron chi connectivity index (χ1n) is 4.62. The number of phenolic OH excluding ortho intramolecular Hbond substituents is 1. The molecular formula is C11H13NO3. The van der Waals surface area contributed by atoms with Gasteiger partial charge in [0.25, 0.3) is 0 Å². The molecule has 0 saturated heterocycles. The van der Waals surface area contributed by atoms with Gasteiger partial charge >= 0.3 is 0 Å². The van der Waals surface area contributed by atoms with Gasteiger partial charge in [0.05, 0.1) is 5.56 Å². The van der Waals surface area contributed by atoms with Gasteiger partial charge in [-0.15, -0.1) is 0 Å². The fourth-order valence-electron chi connectivity index (χ4n) is 1.24. The fourth-order valence-corrected chi connectivity index (χ4v) is 1.24. The molecule has 0 unspecified atom stereocenters. The Morgan fingerprint density at radius 2 is 2.00 bits per heavy atom. The van der Waals surface area contributed by atoms with Gasteiger partial charge in [-0.1, -0.05) is 11.6 Å². The van der Waals surface area contributed by atoms with Crippen LogP contribution in [0.25, 0.3) is 0 Å². The maximum Gasteiger partial charge on any atom is 0.217 e. The molecule has 0 aliphatic carbocycles. The maximum atomic E-state index is 11.6. The van der Waals surface area contributed by atoms with Gasteiger partial charge < -0.3 is 10.8 Å². The van der Waals surface area contributed by atoms with E-state index >= 15 is 0 Å². The number of primary amides is 1. The highest BCUT2D eigenvalue weighted by Crippen LogP contribution is 2.20. The third-order valence-electron chi connectivity index (χ3n) is 2.05. The molecule has 0 saturated carbocycles. The molecule has 0 bridgehead atoms. The van der Waals surface area contributed by atoms with Crippen molar-refractivity contribution in [2.45, 2.75) is 19.8 Å². The standard InChI is InChI=1S/C11H13NO3/c1-7-2-3-9(13)8(6-7)10(14)4-5-11(12)15/h2-3,6,13H,4-5H2,1H3,(H2,12,15). The summed E-state index contributed by atoms with van der Waals surface area (Å²) in [5.41, 5.74) is 6.06. The average molecular weight is 207 g/mol. The number of ketones is 1. The molecule has 4 heteroatoms. The van der Waals surface area contributed by atoms with Gasteiger partial charge in [0.2, 0.25) is 5.91 Å². The van der Waals surface area contributed by atoms with Crippen molar-refractivity contribution in [2.75, 3.05) is 0 Å². The number of hydrogen-bond donors (Lipinski definition) is 2. The Hall–Kier alpha value is -1.84. The van der Waals surface area contributed by atoms with Gasteiger partial charge in [0.1, 0.15) is 5.75 Å². The van der Waals surface area contributed by atoms with E-state index in [1.807, 2.05) is 6.92 Å². The third-order valence-corrected chi connectivity index (χ3v) is 2.05. The Balaban J connectivity index is 2.81. The summed E-state index contributed by atoms with van der Waals surface area (Å²) < 4.78 is 0. The second-order valence-electron chi connectivity index (χ2n) is 3.41. The zero-order chi connectivity index (χ0) is 11.4. The normalized spacial score (nSPS) is 9.93. The molecule has 1 rings (SSSR count). The first kappa shape index (κ1) is 11.2. The number of hydrogen-bond acceptors (Lipinski definition) is 3. The van der Waals surface area contributed by atoms with Crippen LogP contribution in [0.1, 0.15) is 28.8 Å². The maximum absolute atomic E-state index is 11.6. The zero-order valence-electron chi connectivity index (χ0n) is 8.49. The number of carbonyl (C=O) groups is 2. The van der Waals surface area contributed by atoms with Crippen LogP contribution in [0.2, 0.25) is 0 Å². The van der Waals surface area contributed by atoms with E-state index in [4.69, 9.17) is 5.73 Å². The Bertz CT molecular complexity index is 399. The van der Waals surface area contributed by atoms with E-state index in [2.05, 4.69) is 0 Å². The second-order valence-corrected chi connectivity index (χ2v) is 3.41. The van der Waals surface area contributed by atoms with Crippen molar-refractivity contribution < 1.29 is 14.7 Å². The summed E-state index contributed by atoms with van der Waals surface area (Å²) in [4.78, 5) is 22.0. The Labute approximate surface area is 87.7 Å². The lowest BCUT2D eigenvalue weighted by Crippen LogP contribution is -2.12. The third kappa shape index (κ3) is 3.09. The monoisotopic (exact) mass is 207 g/mol. The first-order valence-corrected chi connectivity index (χ1v) is 4.62. The van der Waals surface area contributed by atoms with Crippen molar-refractivity contribution in [3.8, 4) is 5.75 Å². The topological polar surface area (TPSA) is 80.4 Å². The molecule has 0 aliphatic heterocycles. The molecule has 0 atom stereocenters. The summed E-state index contributed by atoms with van der Waals surface area (Å²) in [6, 6.07) is 4.77. The Morgan fingerprint density at radius 1 is 1.33 bits per heavy atom. The summed E-state index contributed by atoms with van der Waals surface area (Å²) in [6.07, 6.45) is 0.0402. The van der Waals surface area contributed by atoms with Crippen molar-refractivity contribution >= 4 is 11.7 Å². The van der Waals surface area contributed by atoms with E-state index in [1.54, 1.807) is 12.1 Å². The largest absolute Gasteiger partial charge is 0.507 e. The predicted molar refractivity (Wildman–Crippen MR) is 55.6 cm³/mol. The highest BCUT2D eigenvalue weighted by molar-refractivity contribution is 6.00. The minimum atomic E-state index is -0.518. The number of carbonyl (C=O) groups excluding carboxylic acids is 2. The van der Waals surface area contributed by atoms with Gasteiger partial charge in [-0.3, -0.25) is 9.59 Å². The van der Waals surface area contributed by atoms with Gasteiger partial charge in [0, 0.05) is 12.8 Å². The highest BCUT2D eigenvalue weighted by atomic mass is 16.3. The number of phenols is 1. The van der Waals surface area contributed by atoms with Gasteiger partial charge in [-0.25, -0.2) is 0 Å². The van der Waals surface area contributed by atoms with E-state index < -0.39 is 5.91 Å². The molecule has 3 N–H and O–H groups in total.